The van der Waals surface area contributed by atoms with Crippen LogP contribution in [0.25, 0.3) is 0 Å². The Kier molecular flexibility index (Phi) is 5.22. The van der Waals surface area contributed by atoms with Gasteiger partial charge in [0.1, 0.15) is 0 Å². The average Bonchev–Trinajstić information content (AvgIpc) is 2.68. The Morgan fingerprint density at radius 3 is 2.15 bits per heavy atom. The van der Waals surface area contributed by atoms with Gasteiger partial charge in [0.15, 0.2) is 0 Å². The van der Waals surface area contributed by atoms with E-state index in [0.29, 0.717) is 5.92 Å². The molecule has 0 aliphatic carbocycles. The highest BCUT2D eigenvalue weighted by atomic mass is 15.2. The minimum absolute atomic E-state index is 0.139. The third-order valence-corrected chi connectivity index (χ3v) is 4.57. The van der Waals surface area contributed by atoms with Crippen molar-refractivity contribution in [3.8, 4) is 0 Å². The lowest BCUT2D eigenvalue weighted by atomic mass is 9.99. The van der Waals surface area contributed by atoms with Crippen LogP contribution in [0, 0.1) is 17.8 Å². The lowest BCUT2D eigenvalue weighted by molar-refractivity contribution is 0.303. The summed E-state index contributed by atoms with van der Waals surface area (Å²) in [7, 11) is 0. The zero-order chi connectivity index (χ0) is 14.7. The molecular weight excluding hydrogens is 244 g/mol. The standard InChI is InChI=1S/C18H30N2/c1-13(2)9-16-5-7-17(8-6-16)18(19)12-20-10-14(3)15(4)11-20/h5-8,13-15,18H,9-12,19H2,1-4H3. The molecule has 20 heavy (non-hydrogen) atoms. The zero-order valence-electron chi connectivity index (χ0n) is 13.5. The molecule has 0 saturated carbocycles. The van der Waals surface area contributed by atoms with E-state index in [4.69, 9.17) is 5.73 Å². The zero-order valence-corrected chi connectivity index (χ0v) is 13.5. The van der Waals surface area contributed by atoms with Gasteiger partial charge in [0, 0.05) is 25.7 Å². The van der Waals surface area contributed by atoms with Crippen LogP contribution in [0.2, 0.25) is 0 Å². The van der Waals surface area contributed by atoms with Gasteiger partial charge in [-0.15, -0.1) is 0 Å². The molecule has 0 amide bonds. The summed E-state index contributed by atoms with van der Waals surface area (Å²) in [4.78, 5) is 2.52. The Morgan fingerprint density at radius 1 is 1.10 bits per heavy atom. The molecule has 0 spiro atoms. The van der Waals surface area contributed by atoms with Crippen molar-refractivity contribution in [3.63, 3.8) is 0 Å². The Balaban J connectivity index is 1.91. The second kappa shape index (κ2) is 6.73. The highest BCUT2D eigenvalue weighted by Crippen LogP contribution is 2.24. The molecule has 2 rings (SSSR count). The smallest absolute Gasteiger partial charge is 0.0424 e. The molecule has 1 fully saturated rings. The Morgan fingerprint density at radius 2 is 1.65 bits per heavy atom. The molecule has 2 nitrogen and oxygen atoms in total. The monoisotopic (exact) mass is 274 g/mol. The van der Waals surface area contributed by atoms with E-state index in [1.54, 1.807) is 0 Å². The predicted octanol–water partition coefficient (Wildman–Crippen LogP) is 3.47. The topological polar surface area (TPSA) is 29.3 Å². The Hall–Kier alpha value is -0.860. The molecule has 2 heteroatoms. The lowest BCUT2D eigenvalue weighted by Gasteiger charge is -2.21. The van der Waals surface area contributed by atoms with Crippen molar-refractivity contribution in [2.45, 2.75) is 40.2 Å². The molecule has 2 N–H and O–H groups in total. The number of hydrogen-bond donors (Lipinski definition) is 1. The van der Waals surface area contributed by atoms with E-state index in [-0.39, 0.29) is 6.04 Å². The van der Waals surface area contributed by atoms with Gasteiger partial charge in [-0.1, -0.05) is 52.0 Å². The lowest BCUT2D eigenvalue weighted by Crippen LogP contribution is -2.30. The molecule has 0 bridgehead atoms. The average molecular weight is 274 g/mol. The Bertz CT molecular complexity index is 400. The third kappa shape index (κ3) is 4.07. The quantitative estimate of drug-likeness (QED) is 0.891. The molecule has 3 unspecified atom stereocenters. The first-order valence-electron chi connectivity index (χ1n) is 8.02. The van der Waals surface area contributed by atoms with Crippen LogP contribution in [-0.2, 0) is 6.42 Å². The molecule has 1 aromatic rings. The van der Waals surface area contributed by atoms with Gasteiger partial charge in [-0.25, -0.2) is 0 Å². The van der Waals surface area contributed by atoms with E-state index in [1.165, 1.54) is 24.2 Å². The number of hydrogen-bond acceptors (Lipinski definition) is 2. The van der Waals surface area contributed by atoms with Gasteiger partial charge in [-0.05, 0) is 35.3 Å². The largest absolute Gasteiger partial charge is 0.323 e. The van der Waals surface area contributed by atoms with E-state index < -0.39 is 0 Å². The maximum atomic E-state index is 6.38. The second-order valence-electron chi connectivity index (χ2n) is 7.12. The van der Waals surface area contributed by atoms with Gasteiger partial charge in [-0.2, -0.15) is 0 Å². The minimum Gasteiger partial charge on any atom is -0.323 e. The van der Waals surface area contributed by atoms with Gasteiger partial charge in [0.05, 0.1) is 0 Å². The second-order valence-corrected chi connectivity index (χ2v) is 7.12. The highest BCUT2D eigenvalue weighted by molar-refractivity contribution is 5.25. The van der Waals surface area contributed by atoms with E-state index in [2.05, 4.69) is 56.9 Å². The first-order chi connectivity index (χ1) is 9.45. The highest BCUT2D eigenvalue weighted by Gasteiger charge is 2.27. The first kappa shape index (κ1) is 15.5. The summed E-state index contributed by atoms with van der Waals surface area (Å²) in [5.74, 6) is 2.31. The van der Waals surface area contributed by atoms with Crippen molar-refractivity contribution in [1.82, 2.24) is 4.90 Å². The molecule has 0 aromatic heterocycles. The van der Waals surface area contributed by atoms with Crippen LogP contribution in [0.5, 0.6) is 0 Å². The van der Waals surface area contributed by atoms with Crippen molar-refractivity contribution in [2.75, 3.05) is 19.6 Å². The molecule has 1 heterocycles. The van der Waals surface area contributed by atoms with Gasteiger partial charge in [0.25, 0.3) is 0 Å². The fourth-order valence-corrected chi connectivity index (χ4v) is 3.15. The summed E-state index contributed by atoms with van der Waals surface area (Å²) in [6.07, 6.45) is 1.15. The number of nitrogens with zero attached hydrogens (tertiary/aromatic N) is 1. The fourth-order valence-electron chi connectivity index (χ4n) is 3.15. The predicted molar refractivity (Wildman–Crippen MR) is 86.7 cm³/mol. The van der Waals surface area contributed by atoms with Crippen LogP contribution in [0.4, 0.5) is 0 Å². The van der Waals surface area contributed by atoms with Crippen molar-refractivity contribution < 1.29 is 0 Å². The third-order valence-electron chi connectivity index (χ3n) is 4.57. The van der Waals surface area contributed by atoms with E-state index in [0.717, 1.165) is 24.8 Å². The Labute approximate surface area is 124 Å². The molecular formula is C18H30N2. The molecule has 1 aliphatic rings. The van der Waals surface area contributed by atoms with Crippen LogP contribution in [0.15, 0.2) is 24.3 Å². The summed E-state index contributed by atoms with van der Waals surface area (Å²) in [6.45, 7) is 12.6. The van der Waals surface area contributed by atoms with Gasteiger partial charge < -0.3 is 10.6 Å². The van der Waals surface area contributed by atoms with Crippen LogP contribution in [0.3, 0.4) is 0 Å². The first-order valence-corrected chi connectivity index (χ1v) is 8.02. The van der Waals surface area contributed by atoms with Crippen LogP contribution >= 0.6 is 0 Å². The SMILES string of the molecule is CC(C)Cc1ccc(C(N)CN2CC(C)C(C)C2)cc1. The van der Waals surface area contributed by atoms with Crippen molar-refractivity contribution in [3.05, 3.63) is 35.4 Å². The number of nitrogens with two attached hydrogens (primary N) is 1. The summed E-state index contributed by atoms with van der Waals surface area (Å²) in [5.41, 5.74) is 9.06. The summed E-state index contributed by atoms with van der Waals surface area (Å²) < 4.78 is 0. The number of likely N-dealkylation sites (tertiary alicyclic amines) is 1. The maximum Gasteiger partial charge on any atom is 0.0424 e. The molecule has 1 aliphatic heterocycles. The van der Waals surface area contributed by atoms with E-state index in [9.17, 15) is 0 Å². The van der Waals surface area contributed by atoms with E-state index >= 15 is 0 Å². The maximum absolute atomic E-state index is 6.38. The van der Waals surface area contributed by atoms with Crippen LogP contribution in [-0.4, -0.2) is 24.5 Å². The molecule has 1 saturated heterocycles. The number of rotatable bonds is 5. The summed E-state index contributed by atoms with van der Waals surface area (Å²) in [6, 6.07) is 9.05. The number of benzene rings is 1. The van der Waals surface area contributed by atoms with E-state index in [1.807, 2.05) is 0 Å². The van der Waals surface area contributed by atoms with Crippen LogP contribution in [0.1, 0.15) is 44.9 Å². The minimum atomic E-state index is 0.139. The summed E-state index contributed by atoms with van der Waals surface area (Å²) in [5, 5.41) is 0. The van der Waals surface area contributed by atoms with Gasteiger partial charge >= 0.3 is 0 Å². The van der Waals surface area contributed by atoms with Crippen molar-refractivity contribution >= 4 is 0 Å². The molecule has 0 radical (unpaired) electrons. The van der Waals surface area contributed by atoms with Gasteiger partial charge in [-0.3, -0.25) is 0 Å². The summed E-state index contributed by atoms with van der Waals surface area (Å²) >= 11 is 0. The van der Waals surface area contributed by atoms with Crippen molar-refractivity contribution in [1.29, 1.82) is 0 Å². The van der Waals surface area contributed by atoms with Crippen molar-refractivity contribution in [2.24, 2.45) is 23.5 Å². The van der Waals surface area contributed by atoms with Crippen LogP contribution < -0.4 is 5.73 Å². The fraction of sp³-hybridized carbons (Fsp3) is 0.667. The molecule has 112 valence electrons. The molecule has 3 atom stereocenters. The normalized spacial score (nSPS) is 25.3. The van der Waals surface area contributed by atoms with Gasteiger partial charge in [0.2, 0.25) is 0 Å². The molecule has 1 aromatic carbocycles.